The first-order valence-electron chi connectivity index (χ1n) is 7.69. The number of carbonyl (C=O) groups excluding carboxylic acids is 2. The Hall–Kier alpha value is -1.06. The first-order chi connectivity index (χ1) is 9.34. The van der Waals surface area contributed by atoms with Crippen molar-refractivity contribution < 1.29 is 19.1 Å². The fourth-order valence-electron chi connectivity index (χ4n) is 2.91. The van der Waals surface area contributed by atoms with Crippen molar-refractivity contribution >= 4 is 11.9 Å². The highest BCUT2D eigenvalue weighted by atomic mass is 16.6. The maximum atomic E-state index is 11.7. The van der Waals surface area contributed by atoms with E-state index >= 15 is 0 Å². The maximum Gasteiger partial charge on any atom is 0.344 e. The van der Waals surface area contributed by atoms with Gasteiger partial charge in [0.2, 0.25) is 0 Å². The van der Waals surface area contributed by atoms with Crippen LogP contribution in [0.25, 0.3) is 0 Å². The highest BCUT2D eigenvalue weighted by Crippen LogP contribution is 2.40. The number of hydrogen-bond donors (Lipinski definition) is 0. The monoisotopic (exact) mass is 284 g/mol. The molecule has 0 aromatic heterocycles. The van der Waals surface area contributed by atoms with E-state index in [-0.39, 0.29) is 18.7 Å². The minimum absolute atomic E-state index is 0.105. The molecule has 2 atom stereocenters. The molecule has 0 saturated heterocycles. The van der Waals surface area contributed by atoms with Crippen LogP contribution in [0.4, 0.5) is 0 Å². The molecule has 1 aliphatic rings. The van der Waals surface area contributed by atoms with Crippen molar-refractivity contribution in [2.24, 2.45) is 11.3 Å². The quantitative estimate of drug-likeness (QED) is 0.701. The molecule has 4 heteroatoms. The number of esters is 2. The van der Waals surface area contributed by atoms with Crippen molar-refractivity contribution in [2.45, 2.75) is 72.3 Å². The maximum absolute atomic E-state index is 11.7. The number of hydrogen-bond acceptors (Lipinski definition) is 4. The summed E-state index contributed by atoms with van der Waals surface area (Å²) in [6.45, 7) is 8.10. The molecule has 1 unspecified atom stereocenters. The summed E-state index contributed by atoms with van der Waals surface area (Å²) in [5.74, 6) is -0.365. The summed E-state index contributed by atoms with van der Waals surface area (Å²) < 4.78 is 10.3. The van der Waals surface area contributed by atoms with Gasteiger partial charge in [-0.3, -0.25) is 4.79 Å². The predicted octanol–water partition coefficient (Wildman–Crippen LogP) is 3.48. The van der Waals surface area contributed by atoms with Crippen LogP contribution >= 0.6 is 0 Å². The van der Waals surface area contributed by atoms with Gasteiger partial charge in [-0.2, -0.15) is 0 Å². The van der Waals surface area contributed by atoms with E-state index in [2.05, 4.69) is 13.8 Å². The van der Waals surface area contributed by atoms with Crippen LogP contribution in [0.1, 0.15) is 66.2 Å². The van der Waals surface area contributed by atoms with E-state index in [4.69, 9.17) is 9.47 Å². The average molecular weight is 284 g/mol. The smallest absolute Gasteiger partial charge is 0.344 e. The number of carbonyl (C=O) groups is 2. The van der Waals surface area contributed by atoms with Crippen molar-refractivity contribution in [3.8, 4) is 0 Å². The van der Waals surface area contributed by atoms with Gasteiger partial charge in [-0.05, 0) is 43.9 Å². The van der Waals surface area contributed by atoms with Crippen LogP contribution in [0.3, 0.4) is 0 Å². The summed E-state index contributed by atoms with van der Waals surface area (Å²) in [6, 6.07) is 0. The van der Waals surface area contributed by atoms with Gasteiger partial charge in [-0.25, -0.2) is 4.79 Å². The molecule has 0 aliphatic heterocycles. The van der Waals surface area contributed by atoms with Gasteiger partial charge in [-0.15, -0.1) is 0 Å². The van der Waals surface area contributed by atoms with Crippen LogP contribution < -0.4 is 0 Å². The van der Waals surface area contributed by atoms with Crippen molar-refractivity contribution in [1.29, 1.82) is 0 Å². The largest absolute Gasteiger partial charge is 0.460 e. The van der Waals surface area contributed by atoms with Gasteiger partial charge < -0.3 is 9.47 Å². The summed E-state index contributed by atoms with van der Waals surface area (Å²) in [4.78, 5) is 22.9. The molecule has 0 aromatic carbocycles. The number of rotatable bonds is 6. The Balaban J connectivity index is 2.32. The van der Waals surface area contributed by atoms with Crippen LogP contribution in [0.2, 0.25) is 0 Å². The molecule has 116 valence electrons. The fourth-order valence-corrected chi connectivity index (χ4v) is 2.91. The fraction of sp³-hybridized carbons (Fsp3) is 0.875. The zero-order valence-electron chi connectivity index (χ0n) is 13.2. The van der Waals surface area contributed by atoms with Gasteiger partial charge in [0.1, 0.15) is 6.10 Å². The van der Waals surface area contributed by atoms with E-state index in [0.717, 1.165) is 19.3 Å². The molecule has 0 aromatic rings. The standard InChI is InChI=1S/C16H28O4/c1-5-7-14(17)19-11-15(18)20-12(2)13-8-6-9-16(3,4)10-13/h12-13H,5-11H2,1-4H3/t12-,13?/m1/s1. The highest BCUT2D eigenvalue weighted by molar-refractivity contribution is 5.76. The molecule has 0 heterocycles. The molecule has 4 nitrogen and oxygen atoms in total. The molecule has 20 heavy (non-hydrogen) atoms. The molecular weight excluding hydrogens is 256 g/mol. The van der Waals surface area contributed by atoms with E-state index < -0.39 is 5.97 Å². The Morgan fingerprint density at radius 2 is 2.00 bits per heavy atom. The zero-order valence-corrected chi connectivity index (χ0v) is 13.2. The SMILES string of the molecule is CCCC(=O)OCC(=O)O[C@H](C)C1CCCC(C)(C)C1. The van der Waals surface area contributed by atoms with Gasteiger partial charge in [-0.1, -0.05) is 27.2 Å². The van der Waals surface area contributed by atoms with E-state index in [0.29, 0.717) is 17.8 Å². The molecule has 0 spiro atoms. The van der Waals surface area contributed by atoms with Crippen molar-refractivity contribution in [3.05, 3.63) is 0 Å². The van der Waals surface area contributed by atoms with Crippen LogP contribution in [0, 0.1) is 11.3 Å². The highest BCUT2D eigenvalue weighted by Gasteiger charge is 2.32. The van der Waals surface area contributed by atoms with Gasteiger partial charge in [0, 0.05) is 6.42 Å². The molecular formula is C16H28O4. The first kappa shape index (κ1) is 17.0. The normalized spacial score (nSPS) is 22.9. The summed E-state index contributed by atoms with van der Waals surface area (Å²) in [5.41, 5.74) is 0.331. The third-order valence-corrected chi connectivity index (χ3v) is 4.03. The second-order valence-electron chi connectivity index (χ2n) is 6.63. The first-order valence-corrected chi connectivity index (χ1v) is 7.69. The summed E-state index contributed by atoms with van der Waals surface area (Å²) in [6.07, 6.45) is 5.57. The number of ether oxygens (including phenoxy) is 2. The lowest BCUT2D eigenvalue weighted by molar-refractivity contribution is -0.164. The molecule has 1 rings (SSSR count). The molecule has 0 N–H and O–H groups in total. The Kier molecular flexibility index (Phi) is 6.50. The van der Waals surface area contributed by atoms with E-state index in [1.165, 1.54) is 12.8 Å². The van der Waals surface area contributed by atoms with Crippen LogP contribution in [0.15, 0.2) is 0 Å². The zero-order chi connectivity index (χ0) is 15.2. The third kappa shape index (κ3) is 5.93. The Labute approximate surface area is 122 Å². The molecule has 1 fully saturated rings. The Bertz CT molecular complexity index is 335. The average Bonchev–Trinajstić information content (AvgIpc) is 2.35. The molecule has 0 radical (unpaired) electrons. The lowest BCUT2D eigenvalue weighted by Crippen LogP contribution is -2.33. The van der Waals surface area contributed by atoms with Crippen LogP contribution in [-0.4, -0.2) is 24.6 Å². The minimum Gasteiger partial charge on any atom is -0.460 e. The van der Waals surface area contributed by atoms with E-state index in [9.17, 15) is 9.59 Å². The molecule has 1 saturated carbocycles. The lowest BCUT2D eigenvalue weighted by Gasteiger charge is -2.37. The van der Waals surface area contributed by atoms with Gasteiger partial charge in [0.15, 0.2) is 6.61 Å². The lowest BCUT2D eigenvalue weighted by atomic mass is 9.71. The van der Waals surface area contributed by atoms with Gasteiger partial charge >= 0.3 is 11.9 Å². The second-order valence-corrected chi connectivity index (χ2v) is 6.63. The summed E-state index contributed by atoms with van der Waals surface area (Å²) in [5, 5.41) is 0. The van der Waals surface area contributed by atoms with E-state index in [1.807, 2.05) is 13.8 Å². The Morgan fingerprint density at radius 1 is 1.30 bits per heavy atom. The van der Waals surface area contributed by atoms with Gasteiger partial charge in [0.05, 0.1) is 0 Å². The minimum atomic E-state index is -0.440. The topological polar surface area (TPSA) is 52.6 Å². The summed E-state index contributed by atoms with van der Waals surface area (Å²) >= 11 is 0. The van der Waals surface area contributed by atoms with Crippen molar-refractivity contribution in [3.63, 3.8) is 0 Å². The van der Waals surface area contributed by atoms with Gasteiger partial charge in [0.25, 0.3) is 0 Å². The van der Waals surface area contributed by atoms with Crippen molar-refractivity contribution in [2.75, 3.05) is 6.61 Å². The van der Waals surface area contributed by atoms with E-state index in [1.54, 1.807) is 0 Å². The molecule has 0 bridgehead atoms. The summed E-state index contributed by atoms with van der Waals surface area (Å²) in [7, 11) is 0. The van der Waals surface area contributed by atoms with Crippen molar-refractivity contribution in [1.82, 2.24) is 0 Å². The predicted molar refractivity (Wildman–Crippen MR) is 77.2 cm³/mol. The van der Waals surface area contributed by atoms with Crippen LogP contribution in [0.5, 0.6) is 0 Å². The molecule has 0 amide bonds. The van der Waals surface area contributed by atoms with Crippen LogP contribution in [-0.2, 0) is 19.1 Å². The Morgan fingerprint density at radius 3 is 2.60 bits per heavy atom. The third-order valence-electron chi connectivity index (χ3n) is 4.03. The molecule has 1 aliphatic carbocycles. The second kappa shape index (κ2) is 7.65.